The number of hydrogen-bond acceptors (Lipinski definition) is 7. The Morgan fingerprint density at radius 1 is 1.20 bits per heavy atom. The van der Waals surface area contributed by atoms with Gasteiger partial charge in [0, 0.05) is 44.5 Å². The lowest BCUT2D eigenvalue weighted by Crippen LogP contribution is -2.41. The molecule has 40 heavy (non-hydrogen) atoms. The Morgan fingerprint density at radius 3 is 2.62 bits per heavy atom. The van der Waals surface area contributed by atoms with Crippen molar-refractivity contribution < 1.29 is 23.6 Å². The van der Waals surface area contributed by atoms with Crippen molar-refractivity contribution in [3.05, 3.63) is 65.2 Å². The fourth-order valence-electron chi connectivity index (χ4n) is 4.75. The molecule has 1 saturated heterocycles. The second kappa shape index (κ2) is 13.2. The summed E-state index contributed by atoms with van der Waals surface area (Å²) in [4.78, 5) is 30.6. The molecule has 2 aromatic rings. The van der Waals surface area contributed by atoms with Crippen LogP contribution < -0.4 is 20.5 Å². The van der Waals surface area contributed by atoms with Crippen LogP contribution in [0.4, 0.5) is 5.69 Å². The minimum absolute atomic E-state index is 0.0607. The number of aliphatic carboxylic acids is 1. The second-order valence-corrected chi connectivity index (χ2v) is 11.0. The molecule has 0 radical (unpaired) electrons. The third-order valence-corrected chi connectivity index (χ3v) is 8.09. The van der Waals surface area contributed by atoms with Crippen molar-refractivity contribution in [2.75, 3.05) is 36.2 Å². The summed E-state index contributed by atoms with van der Waals surface area (Å²) in [6.07, 6.45) is 7.05. The minimum atomic E-state index is -1.93. The van der Waals surface area contributed by atoms with Gasteiger partial charge < -0.3 is 26.2 Å². The number of primary amides is 1. The van der Waals surface area contributed by atoms with Crippen LogP contribution in [0.5, 0.6) is 5.75 Å². The predicted molar refractivity (Wildman–Crippen MR) is 156 cm³/mol. The number of carbonyl (C=O) groups is 2. The fraction of sp³-hybridized carbons (Fsp3) is 0.357. The van der Waals surface area contributed by atoms with E-state index in [9.17, 15) is 18.9 Å². The molecule has 0 aliphatic carbocycles. The molecule has 0 aromatic heterocycles. The molecule has 0 bridgehead atoms. The molecule has 0 saturated carbocycles. The molecule has 1 fully saturated rings. The topological polar surface area (TPSA) is 175 Å². The average molecular weight is 567 g/mol. The number of carboxylic acids is 1. The number of carboxylic acid groups (broad SMARTS) is 1. The quantitative estimate of drug-likeness (QED) is 0.238. The molecule has 0 spiro atoms. The van der Waals surface area contributed by atoms with Crippen LogP contribution in [0.3, 0.4) is 0 Å². The first-order chi connectivity index (χ1) is 19.2. The van der Waals surface area contributed by atoms with Gasteiger partial charge in [0.15, 0.2) is 0 Å². The number of amidine groups is 2. The maximum atomic E-state index is 13.0. The number of ether oxygens (including phenoxy) is 1. The van der Waals surface area contributed by atoms with Gasteiger partial charge in [0.25, 0.3) is 5.91 Å². The molecule has 2 aromatic carbocycles. The molecule has 2 aliphatic rings. The first-order valence-corrected chi connectivity index (χ1v) is 14.4. The zero-order valence-corrected chi connectivity index (χ0v) is 22.9. The SMILES string of the molecule is N=C(N)c1cccc(/C=C/CN(c2ccc(OC3CCN(C4=NCCC4)CC3)c(C(N)=O)c2)S(=O)CC(=O)O)c1. The van der Waals surface area contributed by atoms with E-state index in [2.05, 4.69) is 9.89 Å². The lowest BCUT2D eigenvalue weighted by atomic mass is 10.1. The van der Waals surface area contributed by atoms with Crippen LogP contribution in [-0.4, -0.2) is 75.8 Å². The summed E-state index contributed by atoms with van der Waals surface area (Å²) in [6, 6.07) is 11.8. The molecule has 11 nitrogen and oxygen atoms in total. The monoisotopic (exact) mass is 566 g/mol. The van der Waals surface area contributed by atoms with Gasteiger partial charge in [-0.25, -0.2) is 4.21 Å². The van der Waals surface area contributed by atoms with E-state index >= 15 is 0 Å². The Kier molecular flexibility index (Phi) is 9.54. The number of likely N-dealkylation sites (tertiary alicyclic amines) is 1. The number of rotatable bonds is 11. The number of nitrogens with one attached hydrogen (secondary N) is 1. The maximum Gasteiger partial charge on any atom is 0.318 e. The van der Waals surface area contributed by atoms with E-state index in [1.165, 1.54) is 10.4 Å². The van der Waals surface area contributed by atoms with Crippen molar-refractivity contribution >= 4 is 46.3 Å². The van der Waals surface area contributed by atoms with E-state index in [1.54, 1.807) is 42.5 Å². The number of piperidine rings is 1. The van der Waals surface area contributed by atoms with Gasteiger partial charge in [-0.15, -0.1) is 0 Å². The Labute approximate surface area is 235 Å². The highest BCUT2D eigenvalue weighted by Gasteiger charge is 2.26. The summed E-state index contributed by atoms with van der Waals surface area (Å²) in [6.45, 7) is 2.64. The number of nitrogen functional groups attached to an aromatic ring is 1. The van der Waals surface area contributed by atoms with Gasteiger partial charge in [-0.3, -0.25) is 24.3 Å². The van der Waals surface area contributed by atoms with E-state index in [-0.39, 0.29) is 24.0 Å². The Morgan fingerprint density at radius 2 is 1.98 bits per heavy atom. The number of carbonyl (C=O) groups excluding carboxylic acids is 1. The summed E-state index contributed by atoms with van der Waals surface area (Å²) >= 11 is 0. The molecule has 1 atom stereocenters. The maximum absolute atomic E-state index is 13.0. The molecule has 1 amide bonds. The Balaban J connectivity index is 1.50. The summed E-state index contributed by atoms with van der Waals surface area (Å²) in [5.41, 5.74) is 13.1. The van der Waals surface area contributed by atoms with Gasteiger partial charge in [-0.05, 0) is 36.2 Å². The van der Waals surface area contributed by atoms with Gasteiger partial charge in [0.2, 0.25) is 0 Å². The summed E-state index contributed by atoms with van der Waals surface area (Å²) in [7, 11) is -1.93. The third-order valence-electron chi connectivity index (χ3n) is 6.74. The molecule has 212 valence electrons. The van der Waals surface area contributed by atoms with Crippen molar-refractivity contribution in [1.29, 1.82) is 5.41 Å². The molecule has 2 heterocycles. The van der Waals surface area contributed by atoms with Crippen LogP contribution in [0, 0.1) is 5.41 Å². The molecule has 12 heteroatoms. The summed E-state index contributed by atoms with van der Waals surface area (Å²) in [5.74, 6) is -1.08. The molecule has 2 aliphatic heterocycles. The largest absolute Gasteiger partial charge is 0.489 e. The lowest BCUT2D eigenvalue weighted by molar-refractivity contribution is -0.134. The molecule has 6 N–H and O–H groups in total. The van der Waals surface area contributed by atoms with Gasteiger partial charge in [0.05, 0.1) is 23.6 Å². The zero-order chi connectivity index (χ0) is 28.6. The first kappa shape index (κ1) is 28.8. The number of anilines is 1. The van der Waals surface area contributed by atoms with E-state index in [4.69, 9.17) is 21.6 Å². The van der Waals surface area contributed by atoms with Gasteiger partial charge in [-0.2, -0.15) is 0 Å². The van der Waals surface area contributed by atoms with Crippen LogP contribution >= 0.6 is 0 Å². The second-order valence-electron chi connectivity index (χ2n) is 9.61. The first-order valence-electron chi connectivity index (χ1n) is 13.1. The fourth-order valence-corrected chi connectivity index (χ4v) is 5.71. The van der Waals surface area contributed by atoms with Crippen molar-refractivity contribution in [2.45, 2.75) is 31.8 Å². The molecule has 4 rings (SSSR count). The summed E-state index contributed by atoms with van der Waals surface area (Å²) < 4.78 is 20.6. The molecular formula is C28H34N6O5S. The van der Waals surface area contributed by atoms with Crippen molar-refractivity contribution in [3.63, 3.8) is 0 Å². The summed E-state index contributed by atoms with van der Waals surface area (Å²) in [5, 5.41) is 16.9. The van der Waals surface area contributed by atoms with E-state index < -0.39 is 28.6 Å². The number of nitrogens with zero attached hydrogens (tertiary/aromatic N) is 3. The number of nitrogens with two attached hydrogens (primary N) is 2. The highest BCUT2D eigenvalue weighted by Crippen LogP contribution is 2.29. The van der Waals surface area contributed by atoms with E-state index in [0.717, 1.165) is 56.7 Å². The normalized spacial score (nSPS) is 16.5. The number of hydrogen-bond donors (Lipinski definition) is 4. The molecular weight excluding hydrogens is 532 g/mol. The van der Waals surface area contributed by atoms with Crippen LogP contribution in [0.15, 0.2) is 53.5 Å². The van der Waals surface area contributed by atoms with Gasteiger partial charge in [0.1, 0.15) is 34.4 Å². The highest BCUT2D eigenvalue weighted by atomic mass is 32.2. The van der Waals surface area contributed by atoms with Crippen LogP contribution in [0.1, 0.15) is 47.2 Å². The Hall–Kier alpha value is -4.19. The zero-order valence-electron chi connectivity index (χ0n) is 22.1. The van der Waals surface area contributed by atoms with E-state index in [1.807, 2.05) is 6.07 Å². The number of benzene rings is 2. The third kappa shape index (κ3) is 7.47. The van der Waals surface area contributed by atoms with Crippen molar-refractivity contribution in [2.24, 2.45) is 16.5 Å². The number of aliphatic imine (C=N–C) groups is 1. The van der Waals surface area contributed by atoms with Gasteiger partial charge in [-0.1, -0.05) is 30.4 Å². The van der Waals surface area contributed by atoms with Crippen molar-refractivity contribution in [1.82, 2.24) is 4.90 Å². The number of amides is 1. The predicted octanol–water partition coefficient (Wildman–Crippen LogP) is 2.37. The minimum Gasteiger partial charge on any atom is -0.489 e. The van der Waals surface area contributed by atoms with Crippen LogP contribution in [0.2, 0.25) is 0 Å². The van der Waals surface area contributed by atoms with Crippen LogP contribution in [-0.2, 0) is 15.8 Å². The van der Waals surface area contributed by atoms with Crippen LogP contribution in [0.25, 0.3) is 6.08 Å². The average Bonchev–Trinajstić information content (AvgIpc) is 3.47. The van der Waals surface area contributed by atoms with E-state index in [0.29, 0.717) is 17.0 Å². The highest BCUT2D eigenvalue weighted by molar-refractivity contribution is 7.87. The molecule has 1 unspecified atom stereocenters. The smallest absolute Gasteiger partial charge is 0.318 e. The van der Waals surface area contributed by atoms with Gasteiger partial charge >= 0.3 is 5.97 Å². The Bertz CT molecular complexity index is 1350. The lowest BCUT2D eigenvalue weighted by Gasteiger charge is -2.34. The van der Waals surface area contributed by atoms with Crippen molar-refractivity contribution in [3.8, 4) is 5.75 Å². The standard InChI is InChI=1S/C28H34N6O5S/c29-27(30)20-6-1-4-19(16-20)5-3-13-34(40(38)18-26(35)36)21-8-9-24(23(17-21)28(31)37)39-22-10-14-33(15-11-22)25-7-2-12-32-25/h1,3-6,8-9,16-17,22H,2,7,10-15,18H2,(H3,29,30)(H2,31,37)(H,35,36)/b5-3+.